The average molecular weight is 410 g/mol. The van der Waals surface area contributed by atoms with Crippen LogP contribution in [0.3, 0.4) is 0 Å². The van der Waals surface area contributed by atoms with E-state index < -0.39 is 23.3 Å². The molecular weight excluding hydrogens is 388 g/mol. The average Bonchev–Trinajstić information content (AvgIpc) is 2.62. The summed E-state index contributed by atoms with van der Waals surface area (Å²) in [6.07, 6.45) is 1.08. The maximum Gasteiger partial charge on any atom is 0.265 e. The maximum absolute atomic E-state index is 12.7. The number of nitrogens with zero attached hydrogens (tertiary/aromatic N) is 4. The number of hydrogen-bond donors (Lipinski definition) is 0. The number of aromatic nitrogens is 2. The fourth-order valence-electron chi connectivity index (χ4n) is 2.91. The highest BCUT2D eigenvalue weighted by Crippen LogP contribution is 2.22. The van der Waals surface area contributed by atoms with Gasteiger partial charge in [-0.25, -0.2) is 0 Å². The van der Waals surface area contributed by atoms with Crippen molar-refractivity contribution < 1.29 is 14.7 Å². The van der Waals surface area contributed by atoms with E-state index in [9.17, 15) is 19.5 Å². The Hall–Kier alpha value is -2.33. The summed E-state index contributed by atoms with van der Waals surface area (Å²) in [7, 11) is 0. The highest BCUT2D eigenvalue weighted by atomic mass is 32.1. The Morgan fingerprint density at radius 1 is 0.852 bits per heavy atom. The van der Waals surface area contributed by atoms with Crippen LogP contribution in [0.2, 0.25) is 0 Å². The van der Waals surface area contributed by atoms with E-state index in [0.29, 0.717) is 0 Å². The molecule has 0 N–H and O–H groups in total. The Kier molecular flexibility index (Phi) is 6.32. The topological polar surface area (TPSA) is 90.6 Å². The zero-order valence-corrected chi connectivity index (χ0v) is 17.3. The number of carbonyl (C=O) groups is 2. The van der Waals surface area contributed by atoms with Crippen molar-refractivity contribution in [1.82, 2.24) is 18.9 Å². The number of amides is 2. The van der Waals surface area contributed by atoms with E-state index in [2.05, 4.69) is 0 Å². The summed E-state index contributed by atoms with van der Waals surface area (Å²) in [6, 6.07) is 0. The van der Waals surface area contributed by atoms with Crippen LogP contribution < -0.4 is 10.7 Å². The largest absolute Gasteiger partial charge is 0.859 e. The molecule has 27 heavy (non-hydrogen) atoms. The summed E-state index contributed by atoms with van der Waals surface area (Å²) in [5, 5.41) is 12.8. The van der Waals surface area contributed by atoms with Crippen molar-refractivity contribution in [3.8, 4) is 5.88 Å². The van der Waals surface area contributed by atoms with E-state index in [0.717, 1.165) is 6.08 Å². The smallest absolute Gasteiger partial charge is 0.265 e. The van der Waals surface area contributed by atoms with Crippen molar-refractivity contribution in [3.63, 3.8) is 0 Å². The molecule has 1 aromatic rings. The van der Waals surface area contributed by atoms with Crippen LogP contribution in [-0.4, -0.2) is 49.0 Å². The number of rotatable bonds is 5. The third kappa shape index (κ3) is 3.34. The summed E-state index contributed by atoms with van der Waals surface area (Å²) in [5.41, 5.74) is -1.14. The van der Waals surface area contributed by atoms with Crippen LogP contribution in [0.4, 0.5) is 0 Å². The lowest BCUT2D eigenvalue weighted by Gasteiger charge is -2.35. The van der Waals surface area contributed by atoms with Gasteiger partial charge in [0.2, 0.25) is 0 Å². The summed E-state index contributed by atoms with van der Waals surface area (Å²) in [6.45, 7) is 7.98. The molecule has 2 heterocycles. The first-order chi connectivity index (χ1) is 12.7. The van der Waals surface area contributed by atoms with Gasteiger partial charge in [-0.1, -0.05) is 0 Å². The first-order valence-corrected chi connectivity index (χ1v) is 9.50. The minimum atomic E-state index is -0.621. The zero-order valence-electron chi connectivity index (χ0n) is 15.6. The molecule has 2 rings (SSSR count). The molecule has 0 aromatic carbocycles. The Bertz CT molecular complexity index is 933. The molecule has 10 heteroatoms. The normalized spacial score (nSPS) is 15.0. The Morgan fingerprint density at radius 2 is 1.33 bits per heavy atom. The minimum Gasteiger partial charge on any atom is -0.859 e. The highest BCUT2D eigenvalue weighted by molar-refractivity contribution is 7.80. The van der Waals surface area contributed by atoms with E-state index in [1.54, 1.807) is 27.7 Å². The molecule has 1 saturated heterocycles. The predicted octanol–water partition coefficient (Wildman–Crippen LogP) is 0.872. The molecule has 0 aliphatic carbocycles. The van der Waals surface area contributed by atoms with Crippen LogP contribution in [0.1, 0.15) is 33.3 Å². The molecule has 0 atom stereocenters. The van der Waals surface area contributed by atoms with Crippen LogP contribution in [0.5, 0.6) is 5.88 Å². The SMILES string of the molecule is CCN1C(=O)C(=Cc2c([O-])n(CC)c(=S)n(CC)c2=O)C(=O)N(CC)C1=S. The third-order valence-electron chi connectivity index (χ3n) is 4.38. The van der Waals surface area contributed by atoms with Crippen LogP contribution in [-0.2, 0) is 22.7 Å². The van der Waals surface area contributed by atoms with E-state index in [4.69, 9.17) is 24.4 Å². The monoisotopic (exact) mass is 409 g/mol. The number of hydrogen-bond acceptors (Lipinski definition) is 6. The van der Waals surface area contributed by atoms with E-state index in [1.165, 1.54) is 18.9 Å². The van der Waals surface area contributed by atoms with E-state index >= 15 is 0 Å². The summed E-state index contributed by atoms with van der Waals surface area (Å²) in [4.78, 5) is 40.7. The number of likely N-dealkylation sites (N-methyl/N-ethyl adjacent to an activating group) is 2. The summed E-state index contributed by atoms with van der Waals surface area (Å²) in [5.74, 6) is -1.86. The van der Waals surface area contributed by atoms with Crippen LogP contribution in [0.25, 0.3) is 6.08 Å². The Labute approximate surface area is 167 Å². The van der Waals surface area contributed by atoms with Crippen molar-refractivity contribution in [2.24, 2.45) is 0 Å². The second kappa shape index (κ2) is 8.13. The van der Waals surface area contributed by atoms with Gasteiger partial charge in [-0.3, -0.25) is 28.8 Å². The van der Waals surface area contributed by atoms with Gasteiger partial charge in [-0.15, -0.1) is 0 Å². The lowest BCUT2D eigenvalue weighted by Crippen LogP contribution is -2.55. The Balaban J connectivity index is 2.79. The van der Waals surface area contributed by atoms with Crippen molar-refractivity contribution in [1.29, 1.82) is 0 Å². The lowest BCUT2D eigenvalue weighted by molar-refractivity contribution is -0.280. The molecule has 0 radical (unpaired) electrons. The van der Waals surface area contributed by atoms with Gasteiger partial charge < -0.3 is 9.67 Å². The second-order valence-electron chi connectivity index (χ2n) is 5.73. The van der Waals surface area contributed by atoms with Gasteiger partial charge in [0.25, 0.3) is 17.4 Å². The molecule has 1 aliphatic heterocycles. The van der Waals surface area contributed by atoms with Gasteiger partial charge in [-0.2, -0.15) is 0 Å². The van der Waals surface area contributed by atoms with Gasteiger partial charge in [-0.05, 0) is 64.1 Å². The molecule has 2 amide bonds. The molecule has 0 bridgehead atoms. The molecule has 1 fully saturated rings. The minimum absolute atomic E-state index is 0.116. The van der Waals surface area contributed by atoms with Gasteiger partial charge in [0.1, 0.15) is 5.57 Å². The maximum atomic E-state index is 12.7. The molecular formula is C17H21N4O4S2-. The van der Waals surface area contributed by atoms with Crippen molar-refractivity contribution in [2.75, 3.05) is 13.1 Å². The van der Waals surface area contributed by atoms with Crippen LogP contribution >= 0.6 is 24.4 Å². The fraction of sp³-hybridized carbons (Fsp3) is 0.471. The zero-order chi connectivity index (χ0) is 20.5. The molecule has 1 aromatic heterocycles. The van der Waals surface area contributed by atoms with Gasteiger partial charge in [0, 0.05) is 31.7 Å². The van der Waals surface area contributed by atoms with E-state index in [1.807, 2.05) is 0 Å². The van der Waals surface area contributed by atoms with E-state index in [-0.39, 0.29) is 47.2 Å². The van der Waals surface area contributed by atoms with Crippen LogP contribution in [0.15, 0.2) is 10.4 Å². The summed E-state index contributed by atoms with van der Waals surface area (Å²) < 4.78 is 2.65. The predicted molar refractivity (Wildman–Crippen MR) is 106 cm³/mol. The highest BCUT2D eigenvalue weighted by Gasteiger charge is 2.38. The standard InChI is InChI=1S/C17H22N4O4S2/c1-5-18-12(22)10(13(23)19(6-2)16(18)26)9-11-14(24)20(7-3)17(27)21(8-4)15(11)25/h9,22H,5-8H2,1-4H3/p-1. The molecule has 0 unspecified atom stereocenters. The van der Waals surface area contributed by atoms with Crippen molar-refractivity contribution >= 4 is 47.4 Å². The molecule has 0 saturated carbocycles. The lowest BCUT2D eigenvalue weighted by atomic mass is 10.1. The van der Waals surface area contributed by atoms with Crippen molar-refractivity contribution in [3.05, 3.63) is 26.3 Å². The third-order valence-corrected chi connectivity index (χ3v) is 5.26. The van der Waals surface area contributed by atoms with Crippen LogP contribution in [0, 0.1) is 4.77 Å². The second-order valence-corrected chi connectivity index (χ2v) is 6.46. The first kappa shape index (κ1) is 21.0. The number of carbonyl (C=O) groups excluding carboxylic acids is 2. The van der Waals surface area contributed by atoms with Gasteiger partial charge >= 0.3 is 0 Å². The molecule has 0 spiro atoms. The first-order valence-electron chi connectivity index (χ1n) is 8.68. The van der Waals surface area contributed by atoms with Gasteiger partial charge in [0.15, 0.2) is 9.88 Å². The molecule has 146 valence electrons. The van der Waals surface area contributed by atoms with Gasteiger partial charge in [0.05, 0.1) is 0 Å². The quantitative estimate of drug-likeness (QED) is 0.407. The Morgan fingerprint density at radius 3 is 1.74 bits per heavy atom. The number of thiocarbonyl (C=S) groups is 1. The van der Waals surface area contributed by atoms with Crippen molar-refractivity contribution in [2.45, 2.75) is 40.8 Å². The fourth-order valence-corrected chi connectivity index (χ4v) is 3.76. The molecule has 1 aliphatic rings. The molecule has 8 nitrogen and oxygen atoms in total. The summed E-state index contributed by atoms with van der Waals surface area (Å²) >= 11 is 10.4.